The van der Waals surface area contributed by atoms with Crippen molar-refractivity contribution in [2.45, 2.75) is 125 Å². The van der Waals surface area contributed by atoms with Gasteiger partial charge < -0.3 is 15.5 Å². The Bertz CT molecular complexity index is 2740. The first kappa shape index (κ1) is 45.7. The van der Waals surface area contributed by atoms with Crippen molar-refractivity contribution in [3.8, 4) is 0 Å². The van der Waals surface area contributed by atoms with Gasteiger partial charge in [-0.2, -0.15) is 0 Å². The molecule has 1 aromatic heterocycles. The normalized spacial score (nSPS) is 28.5. The summed E-state index contributed by atoms with van der Waals surface area (Å²) in [6, 6.07) is 14.3. The van der Waals surface area contributed by atoms with Gasteiger partial charge in [0.2, 0.25) is 29.5 Å². The zero-order chi connectivity index (χ0) is 46.9. The van der Waals surface area contributed by atoms with Crippen LogP contribution in [0.2, 0.25) is 10.0 Å². The van der Waals surface area contributed by atoms with E-state index in [1.165, 1.54) is 10.6 Å². The number of nitrogens with zero attached hydrogens (tertiary/aromatic N) is 4. The molecule has 5 heterocycles. The Morgan fingerprint density at radius 3 is 2.42 bits per heavy atom. The minimum Gasteiger partial charge on any atom is -0.352 e. The summed E-state index contributed by atoms with van der Waals surface area (Å²) in [6.07, 6.45) is 7.66. The highest BCUT2D eigenvalue weighted by Crippen LogP contribution is 2.63. The third kappa shape index (κ3) is 7.68. The zero-order valence-corrected chi connectivity index (χ0v) is 39.4. The number of imidazole rings is 1. The van der Waals surface area contributed by atoms with Gasteiger partial charge in [-0.05, 0) is 105 Å². The van der Waals surface area contributed by atoms with Crippen molar-refractivity contribution in [1.82, 2.24) is 34.9 Å². The molecule has 1 unspecified atom stereocenters. The van der Waals surface area contributed by atoms with Crippen LogP contribution in [0.25, 0.3) is 11.0 Å². The second-order valence-corrected chi connectivity index (χ2v) is 20.7. The average Bonchev–Trinajstić information content (AvgIpc) is 3.87. The molecule has 10 rings (SSSR count). The number of amides is 5. The van der Waals surface area contributed by atoms with Gasteiger partial charge in [0.25, 0.3) is 0 Å². The Morgan fingerprint density at radius 2 is 1.67 bits per heavy atom. The van der Waals surface area contributed by atoms with Crippen LogP contribution in [0.1, 0.15) is 106 Å². The van der Waals surface area contributed by atoms with Crippen molar-refractivity contribution in [1.29, 1.82) is 0 Å². The molecule has 3 aromatic carbocycles. The van der Waals surface area contributed by atoms with E-state index in [1.807, 2.05) is 29.2 Å². The van der Waals surface area contributed by atoms with Crippen molar-refractivity contribution in [2.75, 3.05) is 31.5 Å². The van der Waals surface area contributed by atoms with Gasteiger partial charge in [-0.15, -0.1) is 0 Å². The molecule has 3 saturated heterocycles. The molecule has 5 amide bonds. The molecule has 0 radical (unpaired) electrons. The summed E-state index contributed by atoms with van der Waals surface area (Å²) >= 11 is 12.9. The van der Waals surface area contributed by atoms with Crippen LogP contribution in [0, 0.1) is 11.7 Å². The van der Waals surface area contributed by atoms with E-state index in [2.05, 4.69) is 33.1 Å². The molecule has 5 fully saturated rings. The first-order valence-electron chi connectivity index (χ1n) is 23.9. The second kappa shape index (κ2) is 17.8. The number of anilines is 1. The van der Waals surface area contributed by atoms with E-state index < -0.39 is 40.7 Å². The number of rotatable bonds is 8. The number of hydrogen-bond acceptors (Lipinski definition) is 8. The van der Waals surface area contributed by atoms with Gasteiger partial charge in [0.1, 0.15) is 17.3 Å². The lowest BCUT2D eigenvalue weighted by Crippen LogP contribution is -2.60. The molecule has 4 aliphatic heterocycles. The highest BCUT2D eigenvalue weighted by molar-refractivity contribution is 6.31. The van der Waals surface area contributed by atoms with Crippen LogP contribution in [-0.2, 0) is 42.9 Å². The van der Waals surface area contributed by atoms with Gasteiger partial charge in [0, 0.05) is 79.8 Å². The van der Waals surface area contributed by atoms with Gasteiger partial charge in [-0.1, -0.05) is 66.7 Å². The van der Waals surface area contributed by atoms with E-state index in [0.29, 0.717) is 73.4 Å². The van der Waals surface area contributed by atoms with Crippen molar-refractivity contribution >= 4 is 69.5 Å². The maximum absolute atomic E-state index is 16.4. The summed E-state index contributed by atoms with van der Waals surface area (Å²) in [6.45, 7) is 4.87. The number of aromatic nitrogens is 2. The third-order valence-electron chi connectivity index (χ3n) is 16.2. The van der Waals surface area contributed by atoms with Crippen LogP contribution in [-0.4, -0.2) is 98.3 Å². The Balaban J connectivity index is 0.780. The van der Waals surface area contributed by atoms with E-state index in [0.717, 1.165) is 49.9 Å². The summed E-state index contributed by atoms with van der Waals surface area (Å²) in [5.74, 6) is -2.93. The minimum atomic E-state index is -1.31. The van der Waals surface area contributed by atoms with Gasteiger partial charge in [0.15, 0.2) is 0 Å². The topological polar surface area (TPSA) is 167 Å². The number of piperazine rings is 1. The highest BCUT2D eigenvalue weighted by atomic mass is 35.5. The molecule has 2 aliphatic carbocycles. The van der Waals surface area contributed by atoms with Crippen LogP contribution in [0.15, 0.2) is 59.4 Å². The van der Waals surface area contributed by atoms with Crippen LogP contribution in [0.3, 0.4) is 0 Å². The molecule has 0 bridgehead atoms. The number of benzene rings is 3. The number of halogens is 3. The molecule has 2 saturated carbocycles. The maximum Gasteiger partial charge on any atom is 0.329 e. The van der Waals surface area contributed by atoms with Crippen molar-refractivity contribution in [3.05, 3.63) is 97.6 Å². The SMILES string of the molecule is C[C@@H]1CN(C(=O)C2CCC(NC(=O)[C@@H]3NC4(CCCCC4)[C@@]4(C(=O)Nc5cc(Cl)ccc54)[C@H]3c3cccc(Cl)c3F)CC2)CCN1CCc1ccc2c(c1)n(C)c(=O)n2C1CCC(=O)NC1=O. The average molecular weight is 956 g/mol. The van der Waals surface area contributed by atoms with E-state index in [-0.39, 0.29) is 70.7 Å². The smallest absolute Gasteiger partial charge is 0.329 e. The predicted octanol–water partition coefficient (Wildman–Crippen LogP) is 5.86. The molecule has 14 nitrogen and oxygen atoms in total. The number of fused-ring (bicyclic) bond motifs is 4. The third-order valence-corrected chi connectivity index (χ3v) is 16.7. The van der Waals surface area contributed by atoms with Crippen molar-refractivity contribution in [2.24, 2.45) is 13.0 Å². The standard InChI is InChI=1S/C50H57Cl2FN8O6/c1-28-27-60(24-23-59(28)22-19-29-9-16-37-39(25-29)58(2)48(67)61(37)38-17-18-40(62)56-44(38)63)46(65)30-10-13-32(14-11-30)54-45(64)43-41(33-7-6-8-35(52)42(33)53)50(49(57-43)20-4-3-5-21-49)34-15-12-31(51)26-36(34)55-47(50)66/h6-9,12,15-16,25-26,28,30,32,38,41,43,57H,3-5,10-11,13-14,17-24,27H2,1-2H3,(H,54,64)(H,55,66)(H,56,62,63)/t28-,30?,32?,38?,41+,43-,50-/m1/s1. The van der Waals surface area contributed by atoms with E-state index in [4.69, 9.17) is 23.2 Å². The summed E-state index contributed by atoms with van der Waals surface area (Å²) in [5.41, 5.74) is 1.51. The molecular weight excluding hydrogens is 899 g/mol. The predicted molar refractivity (Wildman–Crippen MR) is 252 cm³/mol. The molecule has 5 atom stereocenters. The van der Waals surface area contributed by atoms with E-state index in [9.17, 15) is 28.8 Å². The van der Waals surface area contributed by atoms with Gasteiger partial charge >= 0.3 is 5.69 Å². The van der Waals surface area contributed by atoms with Crippen LogP contribution < -0.4 is 27.0 Å². The molecule has 4 aromatic rings. The largest absolute Gasteiger partial charge is 0.352 e. The van der Waals surface area contributed by atoms with Gasteiger partial charge in [-0.25, -0.2) is 9.18 Å². The van der Waals surface area contributed by atoms with Gasteiger partial charge in [-0.3, -0.25) is 48.6 Å². The number of imide groups is 1. The highest BCUT2D eigenvalue weighted by Gasteiger charge is 2.72. The fraction of sp³-hybridized carbons (Fsp3) is 0.520. The van der Waals surface area contributed by atoms with Crippen molar-refractivity contribution in [3.63, 3.8) is 0 Å². The first-order valence-corrected chi connectivity index (χ1v) is 24.7. The van der Waals surface area contributed by atoms with Gasteiger partial charge in [0.05, 0.1) is 22.1 Å². The maximum atomic E-state index is 16.4. The number of nitrogens with one attached hydrogen (secondary N) is 4. The summed E-state index contributed by atoms with van der Waals surface area (Å²) < 4.78 is 19.4. The second-order valence-electron chi connectivity index (χ2n) is 19.8. The lowest BCUT2D eigenvalue weighted by molar-refractivity contribution is -0.140. The van der Waals surface area contributed by atoms with E-state index in [1.54, 1.807) is 35.9 Å². The summed E-state index contributed by atoms with van der Waals surface area (Å²) in [5, 5.41) is 12.8. The molecule has 67 heavy (non-hydrogen) atoms. The lowest BCUT2D eigenvalue weighted by Gasteiger charge is -2.47. The molecule has 4 N–H and O–H groups in total. The molecule has 2 spiro atoms. The number of piperidine rings is 1. The molecule has 6 aliphatic rings. The number of hydrogen-bond donors (Lipinski definition) is 4. The van der Waals surface area contributed by atoms with Crippen LogP contribution in [0.4, 0.5) is 10.1 Å². The Morgan fingerprint density at radius 1 is 0.896 bits per heavy atom. The fourth-order valence-electron chi connectivity index (χ4n) is 12.8. The molecule has 17 heteroatoms. The van der Waals surface area contributed by atoms with E-state index >= 15 is 4.39 Å². The monoisotopic (exact) mass is 954 g/mol. The zero-order valence-electron chi connectivity index (χ0n) is 37.8. The number of carbonyl (C=O) groups excluding carboxylic acids is 5. The molecule has 354 valence electrons. The fourth-order valence-corrected chi connectivity index (χ4v) is 13.2. The van der Waals surface area contributed by atoms with Crippen LogP contribution in [0.5, 0.6) is 0 Å². The van der Waals surface area contributed by atoms with Crippen LogP contribution >= 0.6 is 23.2 Å². The summed E-state index contributed by atoms with van der Waals surface area (Å²) in [7, 11) is 1.70. The number of carbonyl (C=O) groups is 5. The minimum absolute atomic E-state index is 0.0736. The quantitative estimate of drug-likeness (QED) is 0.160. The molecular formula is C50H57Cl2FN8O6. The number of aryl methyl sites for hydroxylation is 1. The first-order chi connectivity index (χ1) is 32.2. The van der Waals surface area contributed by atoms with Crippen molar-refractivity contribution < 1.29 is 28.4 Å². The Hall–Kier alpha value is -5.09. The Labute approximate surface area is 398 Å². The Kier molecular flexibility index (Phi) is 12.1. The summed E-state index contributed by atoms with van der Waals surface area (Å²) in [4.78, 5) is 85.5. The lowest BCUT2D eigenvalue weighted by atomic mass is 9.55.